The Morgan fingerprint density at radius 3 is 2.59 bits per heavy atom. The molecule has 1 N–H and O–H groups in total. The van der Waals surface area contributed by atoms with Gasteiger partial charge in [0.15, 0.2) is 0 Å². The number of ether oxygens (including phenoxy) is 1. The van der Waals surface area contributed by atoms with Gasteiger partial charge >= 0.3 is 0 Å². The lowest BCUT2D eigenvalue weighted by Gasteiger charge is -2.37. The topological polar surface area (TPSA) is 69.6 Å². The average molecular weight is 500 g/mol. The molecule has 2 atom stereocenters. The van der Waals surface area contributed by atoms with Crippen molar-refractivity contribution in [3.05, 3.63) is 54.4 Å². The van der Waals surface area contributed by atoms with E-state index in [1.54, 1.807) is 6.20 Å². The van der Waals surface area contributed by atoms with Gasteiger partial charge in [-0.15, -0.1) is 0 Å². The first kappa shape index (κ1) is 24.1. The SMILES string of the molecule is Cc1cc(Nc2nccc(-c3ccc(N4CCOCC4)nc3)n2)ccc1N1C[C@@H]2C[C@H]1CN2CC(C)C. The number of hydrogen-bond acceptors (Lipinski definition) is 8. The second-order valence-corrected chi connectivity index (χ2v) is 10.9. The van der Waals surface area contributed by atoms with Crippen molar-refractivity contribution in [3.8, 4) is 11.3 Å². The Bertz CT molecular complexity index is 1230. The molecule has 0 spiro atoms. The zero-order valence-corrected chi connectivity index (χ0v) is 22.1. The molecule has 37 heavy (non-hydrogen) atoms. The van der Waals surface area contributed by atoms with E-state index < -0.39 is 0 Å². The number of morpholine rings is 1. The number of aryl methyl sites for hydroxylation is 1. The van der Waals surface area contributed by atoms with Crippen LogP contribution in [0.3, 0.4) is 0 Å². The van der Waals surface area contributed by atoms with Crippen LogP contribution in [0.15, 0.2) is 48.8 Å². The maximum Gasteiger partial charge on any atom is 0.227 e. The Morgan fingerprint density at radius 1 is 1.03 bits per heavy atom. The third kappa shape index (κ3) is 5.13. The summed E-state index contributed by atoms with van der Waals surface area (Å²) in [4.78, 5) is 21.4. The van der Waals surface area contributed by atoms with Crippen LogP contribution in [0, 0.1) is 12.8 Å². The molecule has 0 saturated carbocycles. The van der Waals surface area contributed by atoms with Gasteiger partial charge in [-0.2, -0.15) is 0 Å². The van der Waals surface area contributed by atoms with Crippen LogP contribution in [0.4, 0.5) is 23.1 Å². The molecule has 3 aromatic rings. The van der Waals surface area contributed by atoms with Gasteiger partial charge in [-0.1, -0.05) is 13.8 Å². The highest BCUT2D eigenvalue weighted by molar-refractivity contribution is 5.66. The summed E-state index contributed by atoms with van der Waals surface area (Å²) in [6.07, 6.45) is 4.97. The molecule has 2 bridgehead atoms. The fourth-order valence-corrected chi connectivity index (χ4v) is 6.02. The summed E-state index contributed by atoms with van der Waals surface area (Å²) in [5.41, 5.74) is 5.47. The molecule has 0 radical (unpaired) electrons. The average Bonchev–Trinajstić information content (AvgIpc) is 3.50. The van der Waals surface area contributed by atoms with Gasteiger partial charge in [-0.25, -0.2) is 15.0 Å². The predicted octanol–water partition coefficient (Wildman–Crippen LogP) is 4.35. The van der Waals surface area contributed by atoms with Crippen molar-refractivity contribution in [2.45, 2.75) is 39.3 Å². The van der Waals surface area contributed by atoms with Gasteiger partial charge in [-0.3, -0.25) is 4.90 Å². The van der Waals surface area contributed by atoms with Gasteiger partial charge in [0.2, 0.25) is 5.95 Å². The fraction of sp³-hybridized carbons (Fsp3) is 0.483. The molecule has 194 valence electrons. The highest BCUT2D eigenvalue weighted by Gasteiger charge is 2.43. The number of anilines is 4. The number of piperazine rings is 1. The molecule has 5 heterocycles. The molecule has 3 saturated heterocycles. The Kier molecular flexibility index (Phi) is 6.69. The van der Waals surface area contributed by atoms with Crippen LogP contribution < -0.4 is 15.1 Å². The second-order valence-electron chi connectivity index (χ2n) is 10.9. The first-order valence-electron chi connectivity index (χ1n) is 13.5. The van der Waals surface area contributed by atoms with Crippen molar-refractivity contribution in [3.63, 3.8) is 0 Å². The number of nitrogens with one attached hydrogen (secondary N) is 1. The fourth-order valence-electron chi connectivity index (χ4n) is 6.02. The van der Waals surface area contributed by atoms with Crippen molar-refractivity contribution in [2.75, 3.05) is 61.1 Å². The molecule has 3 aliphatic rings. The van der Waals surface area contributed by atoms with Crippen molar-refractivity contribution in [1.82, 2.24) is 19.9 Å². The van der Waals surface area contributed by atoms with Crippen LogP contribution in [0.1, 0.15) is 25.8 Å². The molecule has 6 rings (SSSR count). The van der Waals surface area contributed by atoms with Gasteiger partial charge in [0.1, 0.15) is 5.82 Å². The maximum absolute atomic E-state index is 5.45. The number of rotatable bonds is 7. The van der Waals surface area contributed by atoms with E-state index in [0.29, 0.717) is 18.0 Å². The van der Waals surface area contributed by atoms with Gasteiger partial charge in [-0.05, 0) is 61.2 Å². The maximum atomic E-state index is 5.45. The second kappa shape index (κ2) is 10.3. The smallest absolute Gasteiger partial charge is 0.227 e. The Labute approximate surface area is 219 Å². The third-order valence-corrected chi connectivity index (χ3v) is 7.75. The number of nitrogens with zero attached hydrogens (tertiary/aromatic N) is 6. The first-order chi connectivity index (χ1) is 18.0. The predicted molar refractivity (Wildman–Crippen MR) is 149 cm³/mol. The molecule has 1 aromatic carbocycles. The summed E-state index contributed by atoms with van der Waals surface area (Å²) < 4.78 is 5.45. The number of aromatic nitrogens is 3. The first-order valence-corrected chi connectivity index (χ1v) is 13.5. The largest absolute Gasteiger partial charge is 0.378 e. The van der Waals surface area contributed by atoms with Crippen molar-refractivity contribution in [2.24, 2.45) is 5.92 Å². The normalized spacial score (nSPS) is 21.7. The molecular weight excluding hydrogens is 462 g/mol. The summed E-state index contributed by atoms with van der Waals surface area (Å²) in [6.45, 7) is 13.6. The molecule has 0 amide bonds. The Hall–Kier alpha value is -3.23. The van der Waals surface area contributed by atoms with Gasteiger partial charge in [0.25, 0.3) is 0 Å². The molecule has 0 aliphatic carbocycles. The minimum absolute atomic E-state index is 0.589. The summed E-state index contributed by atoms with van der Waals surface area (Å²) >= 11 is 0. The van der Waals surface area contributed by atoms with Gasteiger partial charge in [0, 0.05) is 74.1 Å². The molecular formula is C29H37N7O. The van der Waals surface area contributed by atoms with Crippen LogP contribution >= 0.6 is 0 Å². The summed E-state index contributed by atoms with van der Waals surface area (Å²) in [7, 11) is 0. The number of benzene rings is 1. The lowest BCUT2D eigenvalue weighted by atomic mass is 10.1. The van der Waals surface area contributed by atoms with Crippen LogP contribution in [-0.4, -0.2) is 77.9 Å². The Balaban J connectivity index is 1.12. The van der Waals surface area contributed by atoms with E-state index >= 15 is 0 Å². The molecule has 3 fully saturated rings. The lowest BCUT2D eigenvalue weighted by molar-refractivity contribution is 0.122. The number of fused-ring (bicyclic) bond motifs is 2. The summed E-state index contributed by atoms with van der Waals surface area (Å²) in [6, 6.07) is 14.0. The van der Waals surface area contributed by atoms with E-state index in [1.165, 1.54) is 30.8 Å². The number of likely N-dealkylation sites (tertiary alicyclic amines) is 1. The minimum atomic E-state index is 0.589. The van der Waals surface area contributed by atoms with E-state index in [2.05, 4.69) is 81.1 Å². The van der Waals surface area contributed by atoms with Crippen molar-refractivity contribution >= 4 is 23.1 Å². The molecule has 3 aliphatic heterocycles. The zero-order chi connectivity index (χ0) is 25.4. The molecule has 2 aromatic heterocycles. The van der Waals surface area contributed by atoms with E-state index in [4.69, 9.17) is 9.72 Å². The molecule has 0 unspecified atom stereocenters. The standard InChI is InChI=1S/C29H37N7O/c1-20(2)17-35-18-25-15-24(35)19-36(25)27-6-5-23(14-21(27)3)32-29-30-9-8-26(33-29)22-4-7-28(31-16-22)34-10-12-37-13-11-34/h4-9,14,16,20,24-25H,10-13,15,17-19H2,1-3H3,(H,30,32,33)/t24-,25-/m0/s1. The quantitative estimate of drug-likeness (QED) is 0.515. The summed E-state index contributed by atoms with van der Waals surface area (Å²) in [5.74, 6) is 2.30. The number of pyridine rings is 1. The molecule has 8 heteroatoms. The van der Waals surface area contributed by atoms with Crippen LogP contribution in [0.5, 0.6) is 0 Å². The highest BCUT2D eigenvalue weighted by Crippen LogP contribution is 2.37. The number of hydrogen-bond donors (Lipinski definition) is 1. The van der Waals surface area contributed by atoms with E-state index in [1.807, 2.05) is 12.3 Å². The van der Waals surface area contributed by atoms with E-state index in [0.717, 1.165) is 61.5 Å². The van der Waals surface area contributed by atoms with E-state index in [9.17, 15) is 0 Å². The van der Waals surface area contributed by atoms with Crippen LogP contribution in [0.25, 0.3) is 11.3 Å². The van der Waals surface area contributed by atoms with Crippen LogP contribution in [-0.2, 0) is 4.74 Å². The highest BCUT2D eigenvalue weighted by atomic mass is 16.5. The molecule has 8 nitrogen and oxygen atoms in total. The minimum Gasteiger partial charge on any atom is -0.378 e. The third-order valence-electron chi connectivity index (χ3n) is 7.75. The summed E-state index contributed by atoms with van der Waals surface area (Å²) in [5, 5.41) is 3.41. The zero-order valence-electron chi connectivity index (χ0n) is 22.1. The van der Waals surface area contributed by atoms with Gasteiger partial charge in [0.05, 0.1) is 18.9 Å². The van der Waals surface area contributed by atoms with Crippen molar-refractivity contribution in [1.29, 1.82) is 0 Å². The van der Waals surface area contributed by atoms with Gasteiger partial charge < -0.3 is 19.9 Å². The van der Waals surface area contributed by atoms with E-state index in [-0.39, 0.29) is 0 Å². The Morgan fingerprint density at radius 2 is 1.89 bits per heavy atom. The monoisotopic (exact) mass is 499 g/mol. The van der Waals surface area contributed by atoms with Crippen LogP contribution in [0.2, 0.25) is 0 Å². The lowest BCUT2D eigenvalue weighted by Crippen LogP contribution is -2.47. The van der Waals surface area contributed by atoms with Crippen molar-refractivity contribution < 1.29 is 4.74 Å².